The van der Waals surface area contributed by atoms with Gasteiger partial charge >= 0.3 is 0 Å². The van der Waals surface area contributed by atoms with Gasteiger partial charge in [0.05, 0.1) is 0 Å². The van der Waals surface area contributed by atoms with Gasteiger partial charge in [0, 0.05) is 18.4 Å². The summed E-state index contributed by atoms with van der Waals surface area (Å²) in [4.78, 5) is 24.9. The predicted molar refractivity (Wildman–Crippen MR) is 85.5 cm³/mol. The zero-order chi connectivity index (χ0) is 15.5. The maximum absolute atomic E-state index is 12.6. The van der Waals surface area contributed by atoms with Gasteiger partial charge in [-0.15, -0.1) is 0 Å². The maximum atomic E-state index is 12.6. The van der Waals surface area contributed by atoms with Crippen molar-refractivity contribution in [1.29, 1.82) is 0 Å². The van der Waals surface area contributed by atoms with E-state index in [2.05, 4.69) is 0 Å². The normalized spacial score (nSPS) is 19.7. The topological polar surface area (TPSA) is 54.4 Å². The molecule has 0 saturated heterocycles. The predicted octanol–water partition coefficient (Wildman–Crippen LogP) is 4.01. The summed E-state index contributed by atoms with van der Waals surface area (Å²) in [6.45, 7) is 0. The highest BCUT2D eigenvalue weighted by Gasteiger charge is 2.31. The van der Waals surface area contributed by atoms with E-state index in [4.69, 9.17) is 0 Å². The van der Waals surface area contributed by atoms with E-state index in [0.717, 1.165) is 18.4 Å². The summed E-state index contributed by atoms with van der Waals surface area (Å²) in [5.41, 5.74) is 1.46. The largest absolute Gasteiger partial charge is 0.506 e. The van der Waals surface area contributed by atoms with Crippen molar-refractivity contribution in [3.05, 3.63) is 41.0 Å². The van der Waals surface area contributed by atoms with Gasteiger partial charge in [0.15, 0.2) is 11.6 Å². The zero-order valence-electron chi connectivity index (χ0n) is 12.8. The fourth-order valence-electron chi connectivity index (χ4n) is 3.65. The van der Waals surface area contributed by atoms with Crippen molar-refractivity contribution >= 4 is 17.3 Å². The van der Waals surface area contributed by atoms with E-state index in [1.165, 1.54) is 25.7 Å². The van der Waals surface area contributed by atoms with Gasteiger partial charge < -0.3 is 5.11 Å². The third-order valence-electron chi connectivity index (χ3n) is 4.87. The van der Waals surface area contributed by atoms with Gasteiger partial charge in [-0.2, -0.15) is 0 Å². The van der Waals surface area contributed by atoms with Crippen molar-refractivity contribution in [2.24, 2.45) is 5.92 Å². The molecule has 0 aromatic heterocycles. The zero-order valence-corrected chi connectivity index (χ0v) is 12.8. The third-order valence-corrected chi connectivity index (χ3v) is 4.87. The number of aliphatic hydroxyl groups is 1. The molecular formula is C19H22O3. The second kappa shape index (κ2) is 6.47. The Bertz CT molecular complexity index is 619. The highest BCUT2D eigenvalue weighted by atomic mass is 16.3. The van der Waals surface area contributed by atoms with Crippen molar-refractivity contribution in [3.8, 4) is 0 Å². The monoisotopic (exact) mass is 298 g/mol. The summed E-state index contributed by atoms with van der Waals surface area (Å²) < 4.78 is 0. The van der Waals surface area contributed by atoms with Crippen molar-refractivity contribution < 1.29 is 14.7 Å². The number of fused-ring (bicyclic) bond motifs is 1. The van der Waals surface area contributed by atoms with Gasteiger partial charge in [-0.1, -0.05) is 62.8 Å². The molecule has 1 aromatic rings. The van der Waals surface area contributed by atoms with E-state index >= 15 is 0 Å². The van der Waals surface area contributed by atoms with E-state index < -0.39 is 0 Å². The molecule has 1 aromatic carbocycles. The fraction of sp³-hybridized carbons (Fsp3) is 0.474. The van der Waals surface area contributed by atoms with Crippen LogP contribution in [0.15, 0.2) is 29.8 Å². The molecule has 0 aliphatic heterocycles. The molecule has 0 bridgehead atoms. The minimum Gasteiger partial charge on any atom is -0.506 e. The summed E-state index contributed by atoms with van der Waals surface area (Å²) in [7, 11) is 0. The van der Waals surface area contributed by atoms with Gasteiger partial charge in [-0.25, -0.2) is 0 Å². The highest BCUT2D eigenvalue weighted by Crippen LogP contribution is 2.31. The molecule has 3 nitrogen and oxygen atoms in total. The summed E-state index contributed by atoms with van der Waals surface area (Å²) in [5, 5.41) is 10.4. The molecule has 2 aliphatic rings. The number of allylic oxidation sites excluding steroid dienone is 1. The van der Waals surface area contributed by atoms with Crippen molar-refractivity contribution in [1.82, 2.24) is 0 Å². The Kier molecular flexibility index (Phi) is 4.41. The van der Waals surface area contributed by atoms with Crippen LogP contribution in [0, 0.1) is 5.92 Å². The molecule has 0 radical (unpaired) electrons. The van der Waals surface area contributed by atoms with E-state index in [0.29, 0.717) is 17.9 Å². The van der Waals surface area contributed by atoms with E-state index in [1.54, 1.807) is 6.07 Å². The van der Waals surface area contributed by atoms with Crippen LogP contribution in [-0.2, 0) is 16.0 Å². The average molecular weight is 298 g/mol. The van der Waals surface area contributed by atoms with Crippen molar-refractivity contribution in [2.75, 3.05) is 0 Å². The first-order valence-electron chi connectivity index (χ1n) is 8.24. The Morgan fingerprint density at radius 2 is 1.77 bits per heavy atom. The molecule has 1 saturated carbocycles. The summed E-state index contributed by atoms with van der Waals surface area (Å²) in [6, 6.07) is 7.27. The molecule has 2 aliphatic carbocycles. The van der Waals surface area contributed by atoms with Crippen LogP contribution in [-0.4, -0.2) is 16.7 Å². The van der Waals surface area contributed by atoms with Crippen molar-refractivity contribution in [3.63, 3.8) is 0 Å². The molecule has 0 amide bonds. The number of ketones is 2. The minimum absolute atomic E-state index is 0.0305. The first kappa shape index (κ1) is 15.0. The molecule has 22 heavy (non-hydrogen) atoms. The number of hydrogen-bond donors (Lipinski definition) is 1. The standard InChI is InChI=1S/C19H22O3/c20-16(11-13-7-3-1-2-4-8-13)18-17(21)12-14-9-5-6-10-15(14)19(18)22/h5-6,9-10,13,22H,1-4,7-8,11-12H2. The van der Waals surface area contributed by atoms with E-state index in [9.17, 15) is 14.7 Å². The molecule has 0 heterocycles. The lowest BCUT2D eigenvalue weighted by Gasteiger charge is -2.19. The Balaban J connectivity index is 1.83. The fourth-order valence-corrected chi connectivity index (χ4v) is 3.65. The molecule has 3 heteroatoms. The first-order chi connectivity index (χ1) is 10.7. The number of hydrogen-bond acceptors (Lipinski definition) is 3. The third kappa shape index (κ3) is 2.99. The molecule has 0 unspecified atom stereocenters. The lowest BCUT2D eigenvalue weighted by molar-refractivity contribution is -0.121. The number of rotatable bonds is 3. The Labute approximate surface area is 131 Å². The molecule has 1 fully saturated rings. The molecular weight excluding hydrogens is 276 g/mol. The Morgan fingerprint density at radius 1 is 1.09 bits per heavy atom. The number of aliphatic hydroxyl groups excluding tert-OH is 1. The van der Waals surface area contributed by atoms with E-state index in [1.807, 2.05) is 18.2 Å². The molecule has 0 atom stereocenters. The Hall–Kier alpha value is -1.90. The molecule has 3 rings (SSSR count). The number of benzene rings is 1. The van der Waals surface area contributed by atoms with Crippen LogP contribution in [0.1, 0.15) is 56.1 Å². The Morgan fingerprint density at radius 3 is 2.50 bits per heavy atom. The van der Waals surface area contributed by atoms with Gasteiger partial charge in [0.25, 0.3) is 0 Å². The second-order valence-electron chi connectivity index (χ2n) is 6.47. The van der Waals surface area contributed by atoms with Crippen LogP contribution < -0.4 is 0 Å². The number of Topliss-reactive ketones (excluding diaryl/α,β-unsaturated/α-hetero) is 2. The number of carbonyl (C=O) groups excluding carboxylic acids is 2. The van der Waals surface area contributed by atoms with Crippen LogP contribution in [0.5, 0.6) is 0 Å². The quantitative estimate of drug-likeness (QED) is 0.677. The molecule has 116 valence electrons. The van der Waals surface area contributed by atoms with Gasteiger partial charge in [0.2, 0.25) is 0 Å². The van der Waals surface area contributed by atoms with Gasteiger partial charge in [0.1, 0.15) is 11.3 Å². The first-order valence-corrected chi connectivity index (χ1v) is 8.24. The van der Waals surface area contributed by atoms with Crippen LogP contribution in [0.4, 0.5) is 0 Å². The van der Waals surface area contributed by atoms with E-state index in [-0.39, 0.29) is 29.3 Å². The number of carbonyl (C=O) groups is 2. The SMILES string of the molecule is O=C1Cc2ccccc2C(O)=C1C(=O)CC1CCCCCC1. The second-order valence-corrected chi connectivity index (χ2v) is 6.47. The minimum atomic E-state index is -0.241. The smallest absolute Gasteiger partial charge is 0.174 e. The summed E-state index contributed by atoms with van der Waals surface area (Å²) in [5.74, 6) is -0.176. The summed E-state index contributed by atoms with van der Waals surface area (Å²) >= 11 is 0. The highest BCUT2D eigenvalue weighted by molar-refractivity contribution is 6.26. The van der Waals surface area contributed by atoms with Gasteiger partial charge in [-0.3, -0.25) is 9.59 Å². The van der Waals surface area contributed by atoms with Crippen LogP contribution in [0.2, 0.25) is 0 Å². The lowest BCUT2D eigenvalue weighted by Crippen LogP contribution is -2.23. The van der Waals surface area contributed by atoms with Crippen molar-refractivity contribution in [2.45, 2.75) is 51.4 Å². The molecule has 0 spiro atoms. The van der Waals surface area contributed by atoms with Crippen LogP contribution >= 0.6 is 0 Å². The lowest BCUT2D eigenvalue weighted by atomic mass is 9.84. The van der Waals surface area contributed by atoms with Crippen LogP contribution in [0.25, 0.3) is 5.76 Å². The maximum Gasteiger partial charge on any atom is 0.174 e. The van der Waals surface area contributed by atoms with Crippen LogP contribution in [0.3, 0.4) is 0 Å². The summed E-state index contributed by atoms with van der Waals surface area (Å²) in [6.07, 6.45) is 7.55. The van der Waals surface area contributed by atoms with Gasteiger partial charge in [-0.05, 0) is 11.5 Å². The average Bonchev–Trinajstić information content (AvgIpc) is 2.76. The molecule has 1 N–H and O–H groups in total.